The first-order valence-corrected chi connectivity index (χ1v) is 4.69. The van der Waals surface area contributed by atoms with Crippen molar-refractivity contribution in [1.29, 1.82) is 0 Å². The standard InChI is InChI=1S/C10H9ClO5/c11-7-3-1-2-5(6(7)4-12)8(13)9(14)10(15)16/h1-4,8-9,13-14H,(H,15,16). The third kappa shape index (κ3) is 2.38. The molecule has 0 aliphatic carbocycles. The highest BCUT2D eigenvalue weighted by Crippen LogP contribution is 2.25. The first kappa shape index (κ1) is 12.6. The fourth-order valence-electron chi connectivity index (χ4n) is 1.24. The molecule has 3 N–H and O–H groups in total. The Balaban J connectivity index is 3.17. The SMILES string of the molecule is O=Cc1c(Cl)cccc1C(O)C(O)C(=O)O. The number of aldehydes is 1. The zero-order valence-corrected chi connectivity index (χ0v) is 8.76. The monoisotopic (exact) mass is 244 g/mol. The van der Waals surface area contributed by atoms with Crippen LogP contribution in [-0.2, 0) is 4.79 Å². The number of aliphatic hydroxyl groups is 2. The first-order chi connectivity index (χ1) is 7.49. The maximum Gasteiger partial charge on any atom is 0.335 e. The van der Waals surface area contributed by atoms with Gasteiger partial charge in [0, 0.05) is 5.56 Å². The largest absolute Gasteiger partial charge is 0.479 e. The van der Waals surface area contributed by atoms with Gasteiger partial charge in [-0.05, 0) is 11.6 Å². The van der Waals surface area contributed by atoms with Gasteiger partial charge in [-0.15, -0.1) is 0 Å². The minimum Gasteiger partial charge on any atom is -0.479 e. The van der Waals surface area contributed by atoms with Crippen LogP contribution in [-0.4, -0.2) is 33.7 Å². The van der Waals surface area contributed by atoms with Gasteiger partial charge in [-0.1, -0.05) is 23.7 Å². The molecular formula is C10H9ClO5. The van der Waals surface area contributed by atoms with Crippen LogP contribution in [0, 0.1) is 0 Å². The average molecular weight is 245 g/mol. The topological polar surface area (TPSA) is 94.8 Å². The molecule has 5 nitrogen and oxygen atoms in total. The van der Waals surface area contributed by atoms with E-state index >= 15 is 0 Å². The molecule has 1 rings (SSSR count). The van der Waals surface area contributed by atoms with E-state index < -0.39 is 18.2 Å². The Morgan fingerprint density at radius 3 is 2.50 bits per heavy atom. The number of carboxylic acid groups (broad SMARTS) is 1. The summed E-state index contributed by atoms with van der Waals surface area (Å²) in [4.78, 5) is 21.2. The Labute approximate surface area is 95.9 Å². The van der Waals surface area contributed by atoms with Crippen molar-refractivity contribution >= 4 is 23.9 Å². The Morgan fingerprint density at radius 1 is 1.38 bits per heavy atom. The summed E-state index contributed by atoms with van der Waals surface area (Å²) in [5.74, 6) is -1.58. The number of benzene rings is 1. The molecule has 86 valence electrons. The molecule has 0 fully saturated rings. The van der Waals surface area contributed by atoms with Crippen LogP contribution in [0.25, 0.3) is 0 Å². The lowest BCUT2D eigenvalue weighted by Gasteiger charge is -2.16. The Kier molecular flexibility index (Phi) is 4.00. The van der Waals surface area contributed by atoms with E-state index in [1.54, 1.807) is 0 Å². The zero-order valence-electron chi connectivity index (χ0n) is 8.00. The fraction of sp³-hybridized carbons (Fsp3) is 0.200. The van der Waals surface area contributed by atoms with Crippen LogP contribution < -0.4 is 0 Å². The van der Waals surface area contributed by atoms with Gasteiger partial charge in [0.15, 0.2) is 12.4 Å². The molecule has 1 aromatic rings. The van der Waals surface area contributed by atoms with Crippen molar-refractivity contribution in [1.82, 2.24) is 0 Å². The Bertz CT molecular complexity index is 418. The van der Waals surface area contributed by atoms with Crippen LogP contribution in [0.2, 0.25) is 5.02 Å². The lowest BCUT2D eigenvalue weighted by atomic mass is 9.99. The van der Waals surface area contributed by atoms with Gasteiger partial charge < -0.3 is 15.3 Å². The smallest absolute Gasteiger partial charge is 0.335 e. The number of hydrogen-bond acceptors (Lipinski definition) is 4. The van der Waals surface area contributed by atoms with Crippen LogP contribution >= 0.6 is 11.6 Å². The number of carbonyl (C=O) groups is 2. The molecule has 0 heterocycles. The van der Waals surface area contributed by atoms with Crippen molar-refractivity contribution in [2.24, 2.45) is 0 Å². The summed E-state index contributed by atoms with van der Waals surface area (Å²) in [6.45, 7) is 0. The van der Waals surface area contributed by atoms with Crippen molar-refractivity contribution in [2.45, 2.75) is 12.2 Å². The van der Waals surface area contributed by atoms with E-state index in [0.29, 0.717) is 6.29 Å². The third-order valence-corrected chi connectivity index (χ3v) is 2.40. The molecule has 0 spiro atoms. The maximum absolute atomic E-state index is 10.7. The van der Waals surface area contributed by atoms with E-state index in [4.69, 9.17) is 21.8 Å². The van der Waals surface area contributed by atoms with Crippen LogP contribution in [0.5, 0.6) is 0 Å². The highest BCUT2D eigenvalue weighted by Gasteiger charge is 2.27. The van der Waals surface area contributed by atoms with E-state index in [0.717, 1.165) is 0 Å². The van der Waals surface area contributed by atoms with E-state index in [2.05, 4.69) is 0 Å². The molecule has 6 heteroatoms. The molecule has 2 unspecified atom stereocenters. The minimum atomic E-state index is -2.00. The quantitative estimate of drug-likeness (QED) is 0.676. The summed E-state index contributed by atoms with van der Waals surface area (Å²) in [5, 5.41) is 27.3. The number of halogens is 1. The van der Waals surface area contributed by atoms with Crippen LogP contribution in [0.3, 0.4) is 0 Å². The van der Waals surface area contributed by atoms with Gasteiger partial charge in [0.05, 0.1) is 5.02 Å². The van der Waals surface area contributed by atoms with Crippen molar-refractivity contribution in [3.05, 3.63) is 34.3 Å². The Morgan fingerprint density at radius 2 is 2.00 bits per heavy atom. The number of carboxylic acids is 1. The number of aliphatic carboxylic acids is 1. The van der Waals surface area contributed by atoms with Crippen molar-refractivity contribution in [2.75, 3.05) is 0 Å². The molecule has 16 heavy (non-hydrogen) atoms. The summed E-state index contributed by atoms with van der Waals surface area (Å²) in [7, 11) is 0. The molecule has 0 bridgehead atoms. The number of rotatable bonds is 4. The summed E-state index contributed by atoms with van der Waals surface area (Å²) in [6, 6.07) is 4.20. The minimum absolute atomic E-state index is 0.0163. The zero-order chi connectivity index (χ0) is 12.3. The maximum atomic E-state index is 10.7. The number of carbonyl (C=O) groups excluding carboxylic acids is 1. The first-order valence-electron chi connectivity index (χ1n) is 4.31. The summed E-state index contributed by atoms with van der Waals surface area (Å²) >= 11 is 5.69. The van der Waals surface area contributed by atoms with Crippen LogP contribution in [0.15, 0.2) is 18.2 Å². The van der Waals surface area contributed by atoms with Crippen molar-refractivity contribution in [3.63, 3.8) is 0 Å². The molecule has 0 aromatic heterocycles. The predicted molar refractivity (Wildman–Crippen MR) is 55.4 cm³/mol. The van der Waals surface area contributed by atoms with Gasteiger partial charge in [0.1, 0.15) is 6.10 Å². The van der Waals surface area contributed by atoms with Gasteiger partial charge in [-0.3, -0.25) is 4.79 Å². The van der Waals surface area contributed by atoms with Crippen molar-refractivity contribution < 1.29 is 24.9 Å². The summed E-state index contributed by atoms with van der Waals surface area (Å²) < 4.78 is 0. The molecule has 2 atom stereocenters. The van der Waals surface area contributed by atoms with E-state index in [1.807, 2.05) is 0 Å². The highest BCUT2D eigenvalue weighted by atomic mass is 35.5. The molecule has 0 aliphatic rings. The number of hydrogen-bond donors (Lipinski definition) is 3. The number of aliphatic hydroxyl groups excluding tert-OH is 2. The predicted octanol–water partition coefficient (Wildman–Crippen LogP) is 0.631. The van der Waals surface area contributed by atoms with E-state index in [1.165, 1.54) is 18.2 Å². The third-order valence-electron chi connectivity index (χ3n) is 2.08. The molecule has 0 amide bonds. The van der Waals surface area contributed by atoms with E-state index in [-0.39, 0.29) is 16.1 Å². The molecule has 0 radical (unpaired) electrons. The molecular weight excluding hydrogens is 236 g/mol. The molecule has 0 saturated heterocycles. The second-order valence-electron chi connectivity index (χ2n) is 3.09. The highest BCUT2D eigenvalue weighted by molar-refractivity contribution is 6.33. The summed E-state index contributed by atoms with van der Waals surface area (Å²) in [6.07, 6.45) is -3.30. The van der Waals surface area contributed by atoms with Gasteiger partial charge in [0.2, 0.25) is 0 Å². The Hall–Kier alpha value is -1.43. The van der Waals surface area contributed by atoms with Gasteiger partial charge in [-0.25, -0.2) is 4.79 Å². The molecule has 0 aliphatic heterocycles. The van der Waals surface area contributed by atoms with Gasteiger partial charge in [-0.2, -0.15) is 0 Å². The normalized spacial score (nSPS) is 14.2. The fourth-order valence-corrected chi connectivity index (χ4v) is 1.47. The second kappa shape index (κ2) is 5.07. The molecule has 1 aromatic carbocycles. The lowest BCUT2D eigenvalue weighted by Crippen LogP contribution is -2.28. The average Bonchev–Trinajstić information content (AvgIpc) is 2.26. The second-order valence-corrected chi connectivity index (χ2v) is 3.50. The van der Waals surface area contributed by atoms with Crippen LogP contribution in [0.4, 0.5) is 0 Å². The summed E-state index contributed by atoms with van der Waals surface area (Å²) in [5.41, 5.74) is -0.0469. The lowest BCUT2D eigenvalue weighted by molar-refractivity contribution is -0.153. The molecule has 0 saturated carbocycles. The van der Waals surface area contributed by atoms with E-state index in [9.17, 15) is 14.7 Å². The van der Waals surface area contributed by atoms with Crippen LogP contribution in [0.1, 0.15) is 22.0 Å². The van der Waals surface area contributed by atoms with Gasteiger partial charge in [0.25, 0.3) is 0 Å². The van der Waals surface area contributed by atoms with Gasteiger partial charge >= 0.3 is 5.97 Å². The van der Waals surface area contributed by atoms with Crippen molar-refractivity contribution in [3.8, 4) is 0 Å².